The summed E-state index contributed by atoms with van der Waals surface area (Å²) in [6.07, 6.45) is -3.67. The second kappa shape index (κ2) is 9.89. The smallest absolute Gasteiger partial charge is 0.416 e. The normalized spacial score (nSPS) is 19.4. The van der Waals surface area contributed by atoms with Crippen LogP contribution in [0.4, 0.5) is 18.9 Å². The molecule has 0 saturated heterocycles. The number of anilines is 1. The summed E-state index contributed by atoms with van der Waals surface area (Å²) >= 11 is 6.14. The predicted octanol–water partition coefficient (Wildman–Crippen LogP) is 7.00. The molecule has 2 aromatic rings. The first kappa shape index (κ1) is 26.8. The SMILES string of the molecule is CCOc1ccc([C@@H]2C(C(=O)Nc3cc(C(F)(F)F)ccc3Cl)=C(C)NC3=C2C(=O)CC(C)(C)C3)cc1. The van der Waals surface area contributed by atoms with Gasteiger partial charge in [0.2, 0.25) is 0 Å². The van der Waals surface area contributed by atoms with Crippen molar-refractivity contribution < 1.29 is 27.5 Å². The van der Waals surface area contributed by atoms with E-state index in [1.165, 1.54) is 0 Å². The Hall–Kier alpha value is -3.26. The number of hydrogen-bond donors (Lipinski definition) is 2. The minimum absolute atomic E-state index is 0.0311. The molecular formula is C28H28ClF3N2O3. The highest BCUT2D eigenvalue weighted by Crippen LogP contribution is 2.47. The summed E-state index contributed by atoms with van der Waals surface area (Å²) in [7, 11) is 0. The van der Waals surface area contributed by atoms with Crippen molar-refractivity contribution in [3.63, 3.8) is 0 Å². The van der Waals surface area contributed by atoms with Gasteiger partial charge in [-0.15, -0.1) is 0 Å². The number of nitrogens with one attached hydrogen (secondary N) is 2. The van der Waals surface area contributed by atoms with Crippen LogP contribution in [-0.4, -0.2) is 18.3 Å². The number of dihydropyridines is 1. The van der Waals surface area contributed by atoms with Crippen molar-refractivity contribution in [3.8, 4) is 5.75 Å². The van der Waals surface area contributed by atoms with Crippen LogP contribution >= 0.6 is 11.6 Å². The average molecular weight is 533 g/mol. The number of rotatable bonds is 5. The molecule has 1 heterocycles. The van der Waals surface area contributed by atoms with E-state index in [1.54, 1.807) is 31.2 Å². The largest absolute Gasteiger partial charge is 0.494 e. The molecule has 37 heavy (non-hydrogen) atoms. The molecule has 0 aromatic heterocycles. The summed E-state index contributed by atoms with van der Waals surface area (Å²) < 4.78 is 45.4. The van der Waals surface area contributed by atoms with Gasteiger partial charge >= 0.3 is 6.18 Å². The molecule has 9 heteroatoms. The Morgan fingerprint density at radius 2 is 1.84 bits per heavy atom. The summed E-state index contributed by atoms with van der Waals surface area (Å²) in [4.78, 5) is 27.1. The lowest BCUT2D eigenvalue weighted by atomic mass is 9.68. The van der Waals surface area contributed by atoms with Gasteiger partial charge in [0.1, 0.15) is 5.75 Å². The van der Waals surface area contributed by atoms with Crippen molar-refractivity contribution in [1.29, 1.82) is 0 Å². The zero-order valence-corrected chi connectivity index (χ0v) is 21.7. The number of carbonyl (C=O) groups excluding carboxylic acids is 2. The van der Waals surface area contributed by atoms with Gasteiger partial charge in [-0.1, -0.05) is 37.6 Å². The van der Waals surface area contributed by atoms with Crippen LogP contribution in [0.25, 0.3) is 0 Å². The van der Waals surface area contributed by atoms with E-state index in [0.29, 0.717) is 42.0 Å². The molecule has 196 valence electrons. The standard InChI is InChI=1S/C28H28ClF3N2O3/c1-5-37-18-9-6-16(7-10-18)24-23(15(2)33-21-13-27(3,4)14-22(35)25(21)24)26(36)34-20-12-17(28(30,31)32)8-11-19(20)29/h6-12,24,33H,5,13-14H2,1-4H3,(H,34,36)/t24-/m1/s1. The van der Waals surface area contributed by atoms with Crippen LogP contribution in [-0.2, 0) is 15.8 Å². The molecule has 2 N–H and O–H groups in total. The van der Waals surface area contributed by atoms with E-state index in [2.05, 4.69) is 10.6 Å². The third kappa shape index (κ3) is 5.54. The molecule has 0 radical (unpaired) electrons. The van der Waals surface area contributed by atoms with Crippen LogP contribution in [0.15, 0.2) is 65.0 Å². The number of carbonyl (C=O) groups is 2. The lowest BCUT2D eigenvalue weighted by Gasteiger charge is -2.39. The third-order valence-corrected chi connectivity index (χ3v) is 6.88. The summed E-state index contributed by atoms with van der Waals surface area (Å²) in [6.45, 7) is 8.10. The molecule has 0 spiro atoms. The van der Waals surface area contributed by atoms with Crippen molar-refractivity contribution in [2.45, 2.75) is 52.6 Å². The molecule has 0 fully saturated rings. The van der Waals surface area contributed by atoms with Crippen molar-refractivity contribution in [2.24, 2.45) is 5.41 Å². The van der Waals surface area contributed by atoms with E-state index >= 15 is 0 Å². The second-order valence-electron chi connectivity index (χ2n) is 10.1. The number of Topliss-reactive ketones (excluding diaryl/α,β-unsaturated/α-hetero) is 1. The van der Waals surface area contributed by atoms with E-state index < -0.39 is 23.6 Å². The highest BCUT2D eigenvalue weighted by molar-refractivity contribution is 6.34. The lowest BCUT2D eigenvalue weighted by molar-refractivity contribution is -0.137. The molecule has 2 aliphatic rings. The van der Waals surface area contributed by atoms with Crippen LogP contribution in [0.5, 0.6) is 5.75 Å². The fraction of sp³-hybridized carbons (Fsp3) is 0.357. The van der Waals surface area contributed by atoms with Crippen molar-refractivity contribution in [3.05, 3.63) is 81.2 Å². The molecule has 1 aliphatic heterocycles. The molecule has 1 amide bonds. The molecular weight excluding hydrogens is 505 g/mol. The zero-order chi connectivity index (χ0) is 27.1. The van der Waals surface area contributed by atoms with Gasteiger partial charge in [0.25, 0.3) is 5.91 Å². The maximum atomic E-state index is 13.6. The fourth-order valence-corrected chi connectivity index (χ4v) is 5.15. The Balaban J connectivity index is 1.78. The van der Waals surface area contributed by atoms with Crippen molar-refractivity contribution in [2.75, 3.05) is 11.9 Å². The van der Waals surface area contributed by atoms with Gasteiger partial charge in [-0.3, -0.25) is 9.59 Å². The molecule has 1 atom stereocenters. The third-order valence-electron chi connectivity index (χ3n) is 6.55. The average Bonchev–Trinajstić information content (AvgIpc) is 2.78. The molecule has 0 saturated carbocycles. The lowest BCUT2D eigenvalue weighted by Crippen LogP contribution is -2.39. The zero-order valence-electron chi connectivity index (χ0n) is 21.0. The van der Waals surface area contributed by atoms with Gasteiger partial charge in [0.15, 0.2) is 5.78 Å². The number of allylic oxidation sites excluding steroid dienone is 3. The minimum atomic E-state index is -4.60. The first-order valence-corrected chi connectivity index (χ1v) is 12.3. The van der Waals surface area contributed by atoms with E-state index in [0.717, 1.165) is 23.9 Å². The monoisotopic (exact) mass is 532 g/mol. The van der Waals surface area contributed by atoms with Gasteiger partial charge in [-0.25, -0.2) is 0 Å². The molecule has 1 aliphatic carbocycles. The van der Waals surface area contributed by atoms with Gasteiger partial charge in [-0.05, 0) is 61.6 Å². The molecule has 0 unspecified atom stereocenters. The van der Waals surface area contributed by atoms with Crippen molar-refractivity contribution >= 4 is 29.0 Å². The number of hydrogen-bond acceptors (Lipinski definition) is 4. The number of halogens is 4. The van der Waals surface area contributed by atoms with Crippen LogP contribution in [0.1, 0.15) is 57.6 Å². The van der Waals surface area contributed by atoms with E-state index in [9.17, 15) is 22.8 Å². The Morgan fingerprint density at radius 1 is 1.16 bits per heavy atom. The maximum Gasteiger partial charge on any atom is 0.416 e. The van der Waals surface area contributed by atoms with Gasteiger partial charge in [0.05, 0.1) is 22.9 Å². The van der Waals surface area contributed by atoms with Crippen LogP contribution in [0, 0.1) is 5.41 Å². The van der Waals surface area contributed by atoms with Crippen LogP contribution < -0.4 is 15.4 Å². The van der Waals surface area contributed by atoms with E-state index in [-0.39, 0.29) is 27.5 Å². The number of benzene rings is 2. The van der Waals surface area contributed by atoms with Gasteiger partial charge in [0, 0.05) is 34.9 Å². The first-order valence-electron chi connectivity index (χ1n) is 12.0. The van der Waals surface area contributed by atoms with E-state index in [1.807, 2.05) is 20.8 Å². The van der Waals surface area contributed by atoms with E-state index in [4.69, 9.17) is 16.3 Å². The summed E-state index contributed by atoms with van der Waals surface area (Å²) in [5, 5.41) is 5.77. The molecule has 2 aromatic carbocycles. The van der Waals surface area contributed by atoms with Crippen LogP contribution in [0.2, 0.25) is 5.02 Å². The van der Waals surface area contributed by atoms with Crippen molar-refractivity contribution in [1.82, 2.24) is 5.32 Å². The Kier molecular flexibility index (Phi) is 7.16. The summed E-state index contributed by atoms with van der Waals surface area (Å²) in [5.74, 6) is -0.783. The Bertz CT molecular complexity index is 1310. The minimum Gasteiger partial charge on any atom is -0.494 e. The highest BCUT2D eigenvalue weighted by atomic mass is 35.5. The van der Waals surface area contributed by atoms with Crippen LogP contribution in [0.3, 0.4) is 0 Å². The molecule has 4 rings (SSSR count). The maximum absolute atomic E-state index is 13.6. The molecule has 0 bridgehead atoms. The number of ketones is 1. The van der Waals surface area contributed by atoms with Gasteiger partial charge < -0.3 is 15.4 Å². The Morgan fingerprint density at radius 3 is 2.46 bits per heavy atom. The highest BCUT2D eigenvalue weighted by Gasteiger charge is 2.43. The summed E-state index contributed by atoms with van der Waals surface area (Å²) in [5.41, 5.74) is 1.36. The number of amides is 1. The topological polar surface area (TPSA) is 67.4 Å². The Labute approximate surface area is 218 Å². The van der Waals surface area contributed by atoms with Gasteiger partial charge in [-0.2, -0.15) is 13.2 Å². The number of alkyl halides is 3. The molecule has 5 nitrogen and oxygen atoms in total. The number of ether oxygens (including phenoxy) is 1. The first-order chi connectivity index (χ1) is 17.3. The fourth-order valence-electron chi connectivity index (χ4n) is 4.98. The second-order valence-corrected chi connectivity index (χ2v) is 10.5. The quantitative estimate of drug-likeness (QED) is 0.435. The summed E-state index contributed by atoms with van der Waals surface area (Å²) in [6, 6.07) is 9.90. The predicted molar refractivity (Wildman–Crippen MR) is 136 cm³/mol.